The number of hydrogen-bond acceptors (Lipinski definition) is 3. The summed E-state index contributed by atoms with van der Waals surface area (Å²) in [6.45, 7) is 11.0. The second-order valence-electron chi connectivity index (χ2n) is 4.09. The lowest BCUT2D eigenvalue weighted by Gasteiger charge is -2.07. The third kappa shape index (κ3) is 11.2. The van der Waals surface area contributed by atoms with Crippen molar-refractivity contribution in [2.45, 2.75) is 20.3 Å². The molecule has 0 radical (unpaired) electrons. The quantitative estimate of drug-likeness (QED) is 0.432. The first-order valence-electron chi connectivity index (χ1n) is 5.83. The maximum atomic E-state index is 11.2. The van der Waals surface area contributed by atoms with Crippen molar-refractivity contribution in [3.63, 3.8) is 0 Å². The van der Waals surface area contributed by atoms with Crippen molar-refractivity contribution in [2.75, 3.05) is 32.8 Å². The van der Waals surface area contributed by atoms with Crippen LogP contribution in [-0.2, 0) is 9.53 Å². The van der Waals surface area contributed by atoms with Crippen LogP contribution in [0, 0.1) is 5.92 Å². The average molecular weight is 228 g/mol. The van der Waals surface area contributed by atoms with Crippen LogP contribution in [-0.4, -0.2) is 38.8 Å². The molecule has 0 heterocycles. The topological polar surface area (TPSA) is 50.4 Å². The van der Waals surface area contributed by atoms with E-state index >= 15 is 0 Å². The van der Waals surface area contributed by atoms with E-state index in [0.29, 0.717) is 32.2 Å². The Labute approximate surface area is 98.4 Å². The summed E-state index contributed by atoms with van der Waals surface area (Å²) in [5, 5.41) is 5.75. The first-order chi connectivity index (χ1) is 7.66. The standard InChI is InChI=1S/C12H24N2O2/c1-4-6-13-9-12(15)14-7-5-8-16-10-11(2)3/h4,11,13H,1,5-10H2,2-3H3,(H,14,15). The summed E-state index contributed by atoms with van der Waals surface area (Å²) in [5.41, 5.74) is 0. The molecule has 16 heavy (non-hydrogen) atoms. The van der Waals surface area contributed by atoms with Gasteiger partial charge in [-0.15, -0.1) is 6.58 Å². The summed E-state index contributed by atoms with van der Waals surface area (Å²) in [6, 6.07) is 0. The smallest absolute Gasteiger partial charge is 0.233 e. The van der Waals surface area contributed by atoms with Crippen LogP contribution in [0.4, 0.5) is 0 Å². The Kier molecular flexibility index (Phi) is 10.1. The highest BCUT2D eigenvalue weighted by Crippen LogP contribution is 1.92. The molecule has 0 aliphatic carbocycles. The molecule has 0 rings (SSSR count). The molecule has 2 N–H and O–H groups in total. The van der Waals surface area contributed by atoms with Crippen LogP contribution < -0.4 is 10.6 Å². The van der Waals surface area contributed by atoms with E-state index < -0.39 is 0 Å². The molecule has 0 unspecified atom stereocenters. The molecule has 4 heteroatoms. The fourth-order valence-corrected chi connectivity index (χ4v) is 1.07. The zero-order valence-electron chi connectivity index (χ0n) is 10.4. The summed E-state index contributed by atoms with van der Waals surface area (Å²) in [5.74, 6) is 0.586. The number of nitrogens with one attached hydrogen (secondary N) is 2. The summed E-state index contributed by atoms with van der Waals surface area (Å²) < 4.78 is 5.40. The van der Waals surface area contributed by atoms with Gasteiger partial charge in [0.05, 0.1) is 6.54 Å². The molecule has 0 atom stereocenters. The summed E-state index contributed by atoms with van der Waals surface area (Å²) in [4.78, 5) is 11.2. The largest absolute Gasteiger partial charge is 0.381 e. The van der Waals surface area contributed by atoms with E-state index in [2.05, 4.69) is 31.1 Å². The fraction of sp³-hybridized carbons (Fsp3) is 0.750. The molecule has 0 saturated heterocycles. The van der Waals surface area contributed by atoms with E-state index in [-0.39, 0.29) is 5.91 Å². The molecule has 94 valence electrons. The van der Waals surface area contributed by atoms with Crippen LogP contribution in [0.25, 0.3) is 0 Å². The summed E-state index contributed by atoms with van der Waals surface area (Å²) in [6.07, 6.45) is 2.59. The van der Waals surface area contributed by atoms with Gasteiger partial charge in [-0.05, 0) is 12.3 Å². The molecule has 0 aromatic heterocycles. The van der Waals surface area contributed by atoms with E-state index in [1.165, 1.54) is 0 Å². The van der Waals surface area contributed by atoms with Gasteiger partial charge in [0.15, 0.2) is 0 Å². The van der Waals surface area contributed by atoms with Gasteiger partial charge in [-0.25, -0.2) is 0 Å². The van der Waals surface area contributed by atoms with Crippen molar-refractivity contribution in [1.29, 1.82) is 0 Å². The lowest BCUT2D eigenvalue weighted by atomic mass is 10.2. The predicted molar refractivity (Wildman–Crippen MR) is 66.4 cm³/mol. The van der Waals surface area contributed by atoms with Gasteiger partial charge in [0.25, 0.3) is 0 Å². The second kappa shape index (κ2) is 10.6. The van der Waals surface area contributed by atoms with E-state index in [1.54, 1.807) is 6.08 Å². The van der Waals surface area contributed by atoms with Crippen molar-refractivity contribution >= 4 is 5.91 Å². The van der Waals surface area contributed by atoms with Crippen molar-refractivity contribution < 1.29 is 9.53 Å². The van der Waals surface area contributed by atoms with Crippen LogP contribution in [0.2, 0.25) is 0 Å². The van der Waals surface area contributed by atoms with E-state index in [9.17, 15) is 4.79 Å². The monoisotopic (exact) mass is 228 g/mol. The Morgan fingerprint density at radius 1 is 1.50 bits per heavy atom. The molecule has 0 spiro atoms. The third-order valence-electron chi connectivity index (χ3n) is 1.81. The minimum absolute atomic E-state index is 0.0192. The number of hydrogen-bond donors (Lipinski definition) is 2. The Hall–Kier alpha value is -0.870. The molecule has 4 nitrogen and oxygen atoms in total. The minimum atomic E-state index is 0.0192. The van der Waals surface area contributed by atoms with Crippen LogP contribution in [0.15, 0.2) is 12.7 Å². The third-order valence-corrected chi connectivity index (χ3v) is 1.81. The van der Waals surface area contributed by atoms with E-state index in [1.807, 2.05) is 0 Å². The van der Waals surface area contributed by atoms with Crippen molar-refractivity contribution in [3.05, 3.63) is 12.7 Å². The highest BCUT2D eigenvalue weighted by Gasteiger charge is 1.98. The van der Waals surface area contributed by atoms with Gasteiger partial charge < -0.3 is 15.4 Å². The number of amides is 1. The Bertz CT molecular complexity index is 193. The van der Waals surface area contributed by atoms with Crippen LogP contribution >= 0.6 is 0 Å². The van der Waals surface area contributed by atoms with Crippen molar-refractivity contribution in [2.24, 2.45) is 5.92 Å². The zero-order valence-corrected chi connectivity index (χ0v) is 10.4. The molecule has 0 aliphatic heterocycles. The van der Waals surface area contributed by atoms with Gasteiger partial charge in [0, 0.05) is 26.3 Å². The van der Waals surface area contributed by atoms with Crippen LogP contribution in [0.5, 0.6) is 0 Å². The average Bonchev–Trinajstić information content (AvgIpc) is 2.23. The molecular weight excluding hydrogens is 204 g/mol. The molecule has 0 bridgehead atoms. The van der Waals surface area contributed by atoms with Gasteiger partial charge in [-0.1, -0.05) is 19.9 Å². The molecule has 1 amide bonds. The number of carbonyl (C=O) groups excluding carboxylic acids is 1. The molecule has 0 aliphatic rings. The SMILES string of the molecule is C=CCNCC(=O)NCCCOCC(C)C. The second-order valence-corrected chi connectivity index (χ2v) is 4.09. The van der Waals surface area contributed by atoms with Gasteiger partial charge >= 0.3 is 0 Å². The zero-order chi connectivity index (χ0) is 12.2. The maximum absolute atomic E-state index is 11.2. The molecule has 0 fully saturated rings. The normalized spacial score (nSPS) is 10.4. The number of carbonyl (C=O) groups is 1. The van der Waals surface area contributed by atoms with Gasteiger partial charge in [0.1, 0.15) is 0 Å². The highest BCUT2D eigenvalue weighted by atomic mass is 16.5. The Morgan fingerprint density at radius 2 is 2.25 bits per heavy atom. The predicted octanol–water partition coefficient (Wildman–Crippen LogP) is 0.941. The summed E-state index contributed by atoms with van der Waals surface area (Å²) >= 11 is 0. The van der Waals surface area contributed by atoms with Gasteiger partial charge in [-0.2, -0.15) is 0 Å². The number of ether oxygens (including phenoxy) is 1. The molecule has 0 aromatic carbocycles. The van der Waals surface area contributed by atoms with Crippen molar-refractivity contribution in [3.8, 4) is 0 Å². The minimum Gasteiger partial charge on any atom is -0.381 e. The number of rotatable bonds is 10. The van der Waals surface area contributed by atoms with Crippen LogP contribution in [0.3, 0.4) is 0 Å². The maximum Gasteiger partial charge on any atom is 0.233 e. The Morgan fingerprint density at radius 3 is 2.88 bits per heavy atom. The van der Waals surface area contributed by atoms with Crippen molar-refractivity contribution in [1.82, 2.24) is 10.6 Å². The lowest BCUT2D eigenvalue weighted by Crippen LogP contribution is -2.34. The van der Waals surface area contributed by atoms with E-state index in [0.717, 1.165) is 13.0 Å². The van der Waals surface area contributed by atoms with Gasteiger partial charge in [-0.3, -0.25) is 4.79 Å². The molecule has 0 aromatic rings. The first-order valence-corrected chi connectivity index (χ1v) is 5.83. The van der Waals surface area contributed by atoms with Gasteiger partial charge in [0.2, 0.25) is 5.91 Å². The van der Waals surface area contributed by atoms with Crippen LogP contribution in [0.1, 0.15) is 20.3 Å². The fourth-order valence-electron chi connectivity index (χ4n) is 1.07. The lowest BCUT2D eigenvalue weighted by molar-refractivity contribution is -0.120. The Balaban J connectivity index is 3.18. The first kappa shape index (κ1) is 15.1. The molecular formula is C12H24N2O2. The van der Waals surface area contributed by atoms with E-state index in [4.69, 9.17) is 4.74 Å². The highest BCUT2D eigenvalue weighted by molar-refractivity contribution is 5.77. The summed E-state index contributed by atoms with van der Waals surface area (Å²) in [7, 11) is 0. The molecule has 0 saturated carbocycles.